The van der Waals surface area contributed by atoms with Gasteiger partial charge in [0.05, 0.1) is 5.69 Å². The number of furan rings is 1. The maximum Gasteiger partial charge on any atom is 0.198 e. The minimum atomic E-state index is -0.180. The van der Waals surface area contributed by atoms with E-state index in [0.29, 0.717) is 0 Å². The average molecular weight is 815 g/mol. The number of anilines is 5. The number of hydrogen-bond donors (Lipinski definition) is 1. The summed E-state index contributed by atoms with van der Waals surface area (Å²) in [5, 5.41) is 6.25. The first-order chi connectivity index (χ1) is 30.5. The van der Waals surface area contributed by atoms with Gasteiger partial charge in [0.15, 0.2) is 7.28 Å². The standard InChI is InChI=1S/C59H51BN2O/c1-57(2)28-29-58(3,4)46-35-50-47(34-45(46)57)59(5,6)44-24-17-25-48-55(44)62(50)51-33-43-41-22-14-16-27-52(41)63-56(43)53(54(51)60-48)42-23-13-15-26-49(42)61-40-31-38(36-18-9-7-10-19-36)30-39(32-40)37-20-11-8-12-21-37/h7-27,30-35,60-61H,28-29H2,1-6H3. The van der Waals surface area contributed by atoms with E-state index in [1.807, 2.05) is 0 Å². The van der Waals surface area contributed by atoms with Crippen molar-refractivity contribution in [2.75, 3.05) is 10.2 Å². The Kier molecular flexibility index (Phi) is 8.20. The van der Waals surface area contributed by atoms with E-state index in [-0.39, 0.29) is 16.2 Å². The Bertz CT molecular complexity index is 3260. The van der Waals surface area contributed by atoms with Gasteiger partial charge in [-0.2, -0.15) is 0 Å². The first-order valence-electron chi connectivity index (χ1n) is 22.7. The molecule has 3 nitrogen and oxygen atoms in total. The van der Waals surface area contributed by atoms with Crippen molar-refractivity contribution in [2.24, 2.45) is 0 Å². The predicted octanol–water partition coefficient (Wildman–Crippen LogP) is 14.5. The number of hydrogen-bond acceptors (Lipinski definition) is 3. The van der Waals surface area contributed by atoms with Gasteiger partial charge in [0.1, 0.15) is 11.2 Å². The zero-order valence-electron chi connectivity index (χ0n) is 37.1. The topological polar surface area (TPSA) is 28.4 Å². The van der Waals surface area contributed by atoms with Gasteiger partial charge in [-0.3, -0.25) is 0 Å². The lowest BCUT2D eigenvalue weighted by Gasteiger charge is -2.49. The number of para-hydroxylation sites is 3. The predicted molar refractivity (Wildman–Crippen MR) is 268 cm³/mol. The average Bonchev–Trinajstić information content (AvgIpc) is 3.67. The second-order valence-electron chi connectivity index (χ2n) is 20.1. The van der Waals surface area contributed by atoms with Crippen LogP contribution in [-0.2, 0) is 16.2 Å². The zero-order valence-corrected chi connectivity index (χ0v) is 37.1. The number of nitrogens with zero attached hydrogens (tertiary/aromatic N) is 1. The molecule has 306 valence electrons. The second-order valence-corrected chi connectivity index (χ2v) is 20.1. The van der Waals surface area contributed by atoms with E-state index in [1.54, 1.807) is 0 Å². The van der Waals surface area contributed by atoms with E-state index in [9.17, 15) is 0 Å². The highest BCUT2D eigenvalue weighted by Gasteiger charge is 2.45. The van der Waals surface area contributed by atoms with Crippen molar-refractivity contribution in [3.8, 4) is 33.4 Å². The molecule has 0 spiro atoms. The van der Waals surface area contributed by atoms with Gasteiger partial charge in [-0.25, -0.2) is 0 Å². The van der Waals surface area contributed by atoms with Crippen molar-refractivity contribution in [1.82, 2.24) is 0 Å². The summed E-state index contributed by atoms with van der Waals surface area (Å²) >= 11 is 0. The second kappa shape index (κ2) is 13.6. The van der Waals surface area contributed by atoms with Gasteiger partial charge >= 0.3 is 0 Å². The third kappa shape index (κ3) is 5.80. The van der Waals surface area contributed by atoms with Crippen molar-refractivity contribution in [3.63, 3.8) is 0 Å². The lowest BCUT2D eigenvalue weighted by Crippen LogP contribution is -2.46. The largest absolute Gasteiger partial charge is 0.455 e. The molecule has 9 aromatic rings. The van der Waals surface area contributed by atoms with Gasteiger partial charge in [0, 0.05) is 50.1 Å². The summed E-state index contributed by atoms with van der Waals surface area (Å²) in [7, 11) is 0.794. The molecule has 3 aliphatic rings. The Balaban J connectivity index is 1.11. The van der Waals surface area contributed by atoms with Crippen LogP contribution in [0, 0.1) is 0 Å². The molecule has 0 amide bonds. The molecule has 1 aliphatic carbocycles. The first-order valence-corrected chi connectivity index (χ1v) is 22.7. The molecule has 0 fully saturated rings. The molecular formula is C59H51BN2O. The van der Waals surface area contributed by atoms with Crippen LogP contribution in [0.4, 0.5) is 28.4 Å². The van der Waals surface area contributed by atoms with E-state index >= 15 is 0 Å². The van der Waals surface area contributed by atoms with Crippen LogP contribution < -0.4 is 21.1 Å². The number of rotatable bonds is 5. The first kappa shape index (κ1) is 37.9. The molecule has 0 unspecified atom stereocenters. The Morgan fingerprint density at radius 1 is 0.524 bits per heavy atom. The molecule has 0 saturated carbocycles. The Morgan fingerprint density at radius 2 is 1.16 bits per heavy atom. The Morgan fingerprint density at radius 3 is 1.87 bits per heavy atom. The van der Waals surface area contributed by atoms with Gasteiger partial charge in [0.2, 0.25) is 0 Å². The molecule has 0 radical (unpaired) electrons. The third-order valence-electron chi connectivity index (χ3n) is 14.9. The minimum Gasteiger partial charge on any atom is -0.455 e. The van der Waals surface area contributed by atoms with Crippen LogP contribution in [0.2, 0.25) is 0 Å². The maximum atomic E-state index is 7.04. The van der Waals surface area contributed by atoms with Crippen LogP contribution in [0.15, 0.2) is 168 Å². The fourth-order valence-electron chi connectivity index (χ4n) is 11.3. The van der Waals surface area contributed by atoms with Crippen molar-refractivity contribution in [2.45, 2.75) is 70.6 Å². The quantitative estimate of drug-likeness (QED) is 0.175. The number of nitrogens with one attached hydrogen (secondary N) is 1. The number of benzene rings is 8. The monoisotopic (exact) mass is 814 g/mol. The molecule has 63 heavy (non-hydrogen) atoms. The highest BCUT2D eigenvalue weighted by atomic mass is 16.3. The lowest BCUT2D eigenvalue weighted by atomic mass is 9.55. The van der Waals surface area contributed by atoms with Gasteiger partial charge in [-0.1, -0.05) is 168 Å². The molecule has 8 aromatic carbocycles. The summed E-state index contributed by atoms with van der Waals surface area (Å²) < 4.78 is 7.04. The molecule has 0 bridgehead atoms. The zero-order chi connectivity index (χ0) is 42.8. The minimum absolute atomic E-state index is 0.0705. The van der Waals surface area contributed by atoms with E-state index in [4.69, 9.17) is 4.42 Å². The van der Waals surface area contributed by atoms with Crippen molar-refractivity contribution in [1.29, 1.82) is 0 Å². The van der Waals surface area contributed by atoms with Crippen LogP contribution in [0.1, 0.15) is 76.6 Å². The van der Waals surface area contributed by atoms with Crippen molar-refractivity contribution in [3.05, 3.63) is 186 Å². The van der Waals surface area contributed by atoms with Gasteiger partial charge in [-0.15, -0.1) is 0 Å². The molecule has 12 rings (SSSR count). The molecular weight excluding hydrogens is 763 g/mol. The van der Waals surface area contributed by atoms with Crippen LogP contribution in [-0.4, -0.2) is 7.28 Å². The summed E-state index contributed by atoms with van der Waals surface area (Å²) in [5.41, 5.74) is 23.2. The summed E-state index contributed by atoms with van der Waals surface area (Å²) in [5.74, 6) is 0. The van der Waals surface area contributed by atoms with Crippen molar-refractivity contribution >= 4 is 68.6 Å². The highest BCUT2D eigenvalue weighted by molar-refractivity contribution is 6.74. The number of fused-ring (bicyclic) bond motifs is 8. The molecule has 4 heteroatoms. The SMILES string of the molecule is CC1(C)CCC(C)(C)c2cc3c(cc21)N1c2cc4c(oc5ccccc54)c(-c4ccccc4Nc4cc(-c5ccccc5)cc(-c5ccccc5)c4)c2Bc2cccc(c21)C3(C)C. The molecule has 1 N–H and O–H groups in total. The molecule has 0 saturated heterocycles. The Hall–Kier alpha value is -6.78. The van der Waals surface area contributed by atoms with E-state index < -0.39 is 0 Å². The highest BCUT2D eigenvalue weighted by Crippen LogP contribution is 2.57. The molecule has 3 heterocycles. The van der Waals surface area contributed by atoms with Crippen LogP contribution in [0.25, 0.3) is 55.3 Å². The molecule has 0 atom stereocenters. The summed E-state index contributed by atoms with van der Waals surface area (Å²) in [6.45, 7) is 14.7. The maximum absolute atomic E-state index is 7.04. The van der Waals surface area contributed by atoms with Crippen LogP contribution >= 0.6 is 0 Å². The lowest BCUT2D eigenvalue weighted by molar-refractivity contribution is 0.331. The fraction of sp³-hybridized carbons (Fsp3) is 0.186. The molecule has 2 aliphatic heterocycles. The fourth-order valence-corrected chi connectivity index (χ4v) is 11.3. The van der Waals surface area contributed by atoms with Gasteiger partial charge in [0.25, 0.3) is 0 Å². The van der Waals surface area contributed by atoms with Crippen LogP contribution in [0.3, 0.4) is 0 Å². The summed E-state index contributed by atoms with van der Waals surface area (Å²) in [6.07, 6.45) is 2.36. The molecule has 1 aromatic heterocycles. The smallest absolute Gasteiger partial charge is 0.198 e. The van der Waals surface area contributed by atoms with Gasteiger partial charge < -0.3 is 14.6 Å². The van der Waals surface area contributed by atoms with Crippen molar-refractivity contribution < 1.29 is 4.42 Å². The summed E-state index contributed by atoms with van der Waals surface area (Å²) in [4.78, 5) is 2.65. The van der Waals surface area contributed by atoms with E-state index in [0.717, 1.165) is 51.7 Å². The van der Waals surface area contributed by atoms with E-state index in [2.05, 4.69) is 216 Å². The Labute approximate surface area is 371 Å². The summed E-state index contributed by atoms with van der Waals surface area (Å²) in [6, 6.07) is 60.3. The van der Waals surface area contributed by atoms with Crippen LogP contribution in [0.5, 0.6) is 0 Å². The third-order valence-corrected chi connectivity index (χ3v) is 14.9. The van der Waals surface area contributed by atoms with Gasteiger partial charge in [-0.05, 0) is 116 Å². The van der Waals surface area contributed by atoms with E-state index in [1.165, 1.54) is 85.3 Å². The normalized spacial score (nSPS) is 16.1.